The summed E-state index contributed by atoms with van der Waals surface area (Å²) in [7, 11) is 1.63. The molecule has 200 valence electrons. The van der Waals surface area contributed by atoms with Gasteiger partial charge in [-0.2, -0.15) is 0 Å². The number of carbonyl (C=O) groups is 1. The first kappa shape index (κ1) is 27.8. The number of nitro groups is 1. The third-order valence-corrected chi connectivity index (χ3v) is 6.12. The highest BCUT2D eigenvalue weighted by molar-refractivity contribution is 7.95. The number of anilines is 1. The molecule has 0 radical (unpaired) electrons. The van der Waals surface area contributed by atoms with Crippen LogP contribution in [0.4, 0.5) is 11.4 Å². The fourth-order valence-electron chi connectivity index (χ4n) is 3.25. The summed E-state index contributed by atoms with van der Waals surface area (Å²) in [4.78, 5) is 22.8. The zero-order valence-electron chi connectivity index (χ0n) is 20.8. The average molecular weight is 545 g/mol. The Kier molecular flexibility index (Phi) is 8.76. The zero-order chi connectivity index (χ0) is 27.9. The maximum absolute atomic E-state index is 12.8. The molecule has 3 aromatic rings. The molecular weight excluding hydrogens is 520 g/mol. The van der Waals surface area contributed by atoms with E-state index in [1.807, 2.05) is 0 Å². The minimum absolute atomic E-state index is 0.0500. The number of sulfonamides is 1. The summed E-state index contributed by atoms with van der Waals surface area (Å²) in [6, 6.07) is 12.1. The van der Waals surface area contributed by atoms with E-state index in [0.29, 0.717) is 22.8 Å². The van der Waals surface area contributed by atoms with Crippen LogP contribution in [0.3, 0.4) is 0 Å². The molecule has 0 spiro atoms. The van der Waals surface area contributed by atoms with Crippen LogP contribution in [0.15, 0.2) is 60.0 Å². The minimum Gasteiger partial charge on any atom is -0.496 e. The molecule has 3 rings (SSSR count). The van der Waals surface area contributed by atoms with E-state index in [1.54, 1.807) is 12.1 Å². The molecule has 0 aliphatic rings. The van der Waals surface area contributed by atoms with Gasteiger partial charge in [-0.15, -0.1) is 0 Å². The molecule has 13 heteroatoms. The first-order chi connectivity index (χ1) is 18.1. The lowest BCUT2D eigenvalue weighted by Gasteiger charge is -2.13. The first-order valence-electron chi connectivity index (χ1n) is 10.8. The third kappa shape index (κ3) is 6.70. The van der Waals surface area contributed by atoms with Gasteiger partial charge in [0.25, 0.3) is 15.7 Å². The van der Waals surface area contributed by atoms with Crippen molar-refractivity contribution in [2.24, 2.45) is 0 Å². The second-order valence-electron chi connectivity index (χ2n) is 7.45. The SMILES string of the molecule is COc1cc(OC)c(/C=C/S(=O)(=O)Nc2ccc(OC)c(OC(=O)c3ccc([N+](=O)[O-])cc3)c2)c(OC)c1. The molecule has 0 amide bonds. The molecule has 0 aliphatic heterocycles. The summed E-state index contributed by atoms with van der Waals surface area (Å²) < 4.78 is 54.4. The number of esters is 1. The molecule has 0 saturated carbocycles. The molecule has 0 bridgehead atoms. The molecule has 0 saturated heterocycles. The molecule has 3 aromatic carbocycles. The highest BCUT2D eigenvalue weighted by Gasteiger charge is 2.17. The van der Waals surface area contributed by atoms with Crippen LogP contribution in [0.2, 0.25) is 0 Å². The molecule has 0 heterocycles. The zero-order valence-corrected chi connectivity index (χ0v) is 21.6. The number of hydrogen-bond donors (Lipinski definition) is 1. The van der Waals surface area contributed by atoms with Crippen LogP contribution in [0, 0.1) is 10.1 Å². The van der Waals surface area contributed by atoms with Gasteiger partial charge in [0.1, 0.15) is 17.2 Å². The summed E-state index contributed by atoms with van der Waals surface area (Å²) in [5.74, 6) is 0.391. The van der Waals surface area contributed by atoms with E-state index >= 15 is 0 Å². The van der Waals surface area contributed by atoms with Gasteiger partial charge in [-0.3, -0.25) is 14.8 Å². The number of carbonyl (C=O) groups excluding carboxylic acids is 1. The van der Waals surface area contributed by atoms with Gasteiger partial charge in [0, 0.05) is 30.3 Å². The minimum atomic E-state index is -4.05. The van der Waals surface area contributed by atoms with Gasteiger partial charge in [0.2, 0.25) is 0 Å². The van der Waals surface area contributed by atoms with Gasteiger partial charge >= 0.3 is 5.97 Å². The van der Waals surface area contributed by atoms with E-state index in [1.165, 1.54) is 64.8 Å². The number of methoxy groups -OCH3 is 4. The van der Waals surface area contributed by atoms with Crippen LogP contribution in [0.25, 0.3) is 6.08 Å². The smallest absolute Gasteiger partial charge is 0.343 e. The number of benzene rings is 3. The van der Waals surface area contributed by atoms with E-state index in [9.17, 15) is 23.3 Å². The van der Waals surface area contributed by atoms with Gasteiger partial charge < -0.3 is 23.7 Å². The van der Waals surface area contributed by atoms with E-state index in [-0.39, 0.29) is 28.4 Å². The molecule has 0 unspecified atom stereocenters. The van der Waals surface area contributed by atoms with Crippen molar-refractivity contribution in [2.75, 3.05) is 33.2 Å². The molecular formula is C25H24N2O10S. The van der Waals surface area contributed by atoms with E-state index in [4.69, 9.17) is 23.7 Å². The van der Waals surface area contributed by atoms with Gasteiger partial charge in [0.15, 0.2) is 11.5 Å². The van der Waals surface area contributed by atoms with Crippen molar-refractivity contribution in [1.82, 2.24) is 0 Å². The standard InChI is InChI=1S/C25H24N2O10S/c1-33-19-14-22(35-3)20(23(15-19)36-4)11-12-38(31,32)26-17-7-10-21(34-2)24(13-17)37-25(28)16-5-8-18(9-6-16)27(29)30/h5-15,26H,1-4H3/b12-11+. The molecule has 38 heavy (non-hydrogen) atoms. The fraction of sp³-hybridized carbons (Fsp3) is 0.160. The lowest BCUT2D eigenvalue weighted by Crippen LogP contribution is -2.11. The maximum Gasteiger partial charge on any atom is 0.343 e. The summed E-state index contributed by atoms with van der Waals surface area (Å²) in [6.07, 6.45) is 1.30. The van der Waals surface area contributed by atoms with Crippen LogP contribution in [0.1, 0.15) is 15.9 Å². The van der Waals surface area contributed by atoms with Crippen LogP contribution >= 0.6 is 0 Å². The summed E-state index contributed by atoms with van der Waals surface area (Å²) in [6.45, 7) is 0. The van der Waals surface area contributed by atoms with Crippen molar-refractivity contribution >= 4 is 33.4 Å². The Morgan fingerprint density at radius 3 is 1.97 bits per heavy atom. The van der Waals surface area contributed by atoms with Crippen LogP contribution < -0.4 is 28.4 Å². The molecule has 0 fully saturated rings. The molecule has 0 aliphatic carbocycles. The maximum atomic E-state index is 12.8. The number of nitro benzene ring substituents is 1. The van der Waals surface area contributed by atoms with Crippen molar-refractivity contribution in [3.8, 4) is 28.7 Å². The Hall–Kier alpha value is -4.78. The number of hydrogen-bond acceptors (Lipinski definition) is 10. The molecule has 1 N–H and O–H groups in total. The van der Waals surface area contributed by atoms with Crippen LogP contribution in [0.5, 0.6) is 28.7 Å². The van der Waals surface area contributed by atoms with Gasteiger partial charge in [0.05, 0.1) is 55.6 Å². The van der Waals surface area contributed by atoms with E-state index < -0.39 is 20.9 Å². The van der Waals surface area contributed by atoms with Gasteiger partial charge in [-0.25, -0.2) is 13.2 Å². The second-order valence-corrected chi connectivity index (χ2v) is 9.02. The van der Waals surface area contributed by atoms with Crippen molar-refractivity contribution in [1.29, 1.82) is 0 Å². The Morgan fingerprint density at radius 1 is 0.842 bits per heavy atom. The number of rotatable bonds is 11. The highest BCUT2D eigenvalue weighted by atomic mass is 32.2. The Balaban J connectivity index is 1.84. The second kappa shape index (κ2) is 12.0. The summed E-state index contributed by atoms with van der Waals surface area (Å²) >= 11 is 0. The quantitative estimate of drug-likeness (QED) is 0.160. The number of non-ortho nitro benzene ring substituents is 1. The molecule has 0 aromatic heterocycles. The predicted molar refractivity (Wildman–Crippen MR) is 139 cm³/mol. The fourth-order valence-corrected chi connectivity index (χ4v) is 4.09. The number of ether oxygens (including phenoxy) is 5. The normalized spacial score (nSPS) is 11.1. The third-order valence-electron chi connectivity index (χ3n) is 5.11. The molecule has 12 nitrogen and oxygen atoms in total. The lowest BCUT2D eigenvalue weighted by atomic mass is 10.1. The number of nitrogens with one attached hydrogen (secondary N) is 1. The Morgan fingerprint density at radius 2 is 1.45 bits per heavy atom. The topological polar surface area (TPSA) is 153 Å². The van der Waals surface area contributed by atoms with Gasteiger partial charge in [-0.1, -0.05) is 0 Å². The highest BCUT2D eigenvalue weighted by Crippen LogP contribution is 2.35. The summed E-state index contributed by atoms with van der Waals surface area (Å²) in [5, 5.41) is 11.7. The number of nitrogens with zero attached hydrogens (tertiary/aromatic N) is 1. The van der Waals surface area contributed by atoms with Crippen molar-refractivity contribution in [3.05, 3.63) is 81.2 Å². The van der Waals surface area contributed by atoms with Crippen molar-refractivity contribution < 1.29 is 41.8 Å². The average Bonchev–Trinajstić information content (AvgIpc) is 2.91. The summed E-state index contributed by atoms with van der Waals surface area (Å²) in [5.41, 5.74) is 0.312. The van der Waals surface area contributed by atoms with E-state index in [0.717, 1.165) is 17.5 Å². The van der Waals surface area contributed by atoms with Crippen LogP contribution in [-0.2, 0) is 10.0 Å². The largest absolute Gasteiger partial charge is 0.496 e. The Bertz CT molecular complexity index is 1440. The monoisotopic (exact) mass is 544 g/mol. The van der Waals surface area contributed by atoms with Gasteiger partial charge in [-0.05, 0) is 30.3 Å². The van der Waals surface area contributed by atoms with Crippen molar-refractivity contribution in [2.45, 2.75) is 0 Å². The first-order valence-corrected chi connectivity index (χ1v) is 12.3. The molecule has 0 atom stereocenters. The predicted octanol–water partition coefficient (Wildman–Crippen LogP) is 4.26. The van der Waals surface area contributed by atoms with E-state index in [2.05, 4.69) is 4.72 Å². The van der Waals surface area contributed by atoms with Crippen LogP contribution in [-0.4, -0.2) is 47.7 Å². The Labute approximate surface area is 218 Å². The van der Waals surface area contributed by atoms with Crippen molar-refractivity contribution in [3.63, 3.8) is 0 Å². The lowest BCUT2D eigenvalue weighted by molar-refractivity contribution is -0.384.